The van der Waals surface area contributed by atoms with Crippen LogP contribution in [-0.2, 0) is 40.0 Å². The van der Waals surface area contributed by atoms with Crippen LogP contribution < -0.4 is 10.5 Å². The molecule has 9 N–H and O–H groups in total. The van der Waals surface area contributed by atoms with Gasteiger partial charge in [-0.05, 0) is 37.1 Å². The zero-order valence-electron chi connectivity index (χ0n) is 25.7. The lowest BCUT2D eigenvalue weighted by molar-refractivity contribution is -0.0189. The summed E-state index contributed by atoms with van der Waals surface area (Å²) in [6, 6.07) is 6.83. The van der Waals surface area contributed by atoms with Gasteiger partial charge >= 0.3 is 5.97 Å². The van der Waals surface area contributed by atoms with E-state index in [0.717, 1.165) is 30.3 Å². The topological polar surface area (TPSA) is 252 Å². The van der Waals surface area contributed by atoms with Crippen LogP contribution in [0.25, 0.3) is 0 Å². The van der Waals surface area contributed by atoms with Gasteiger partial charge < -0.3 is 60.4 Å². The van der Waals surface area contributed by atoms with E-state index < -0.39 is 35.4 Å². The van der Waals surface area contributed by atoms with Crippen molar-refractivity contribution in [3.8, 4) is 46.0 Å². The molecule has 1 aliphatic heterocycles. The van der Waals surface area contributed by atoms with Crippen molar-refractivity contribution in [1.29, 1.82) is 0 Å². The number of hydrogen-bond acceptors (Lipinski definition) is 15. The van der Waals surface area contributed by atoms with E-state index >= 15 is 0 Å². The molecule has 0 bridgehead atoms. The number of esters is 1. The van der Waals surface area contributed by atoms with Crippen LogP contribution in [0.2, 0.25) is 0 Å². The van der Waals surface area contributed by atoms with Gasteiger partial charge in [0.15, 0.2) is 23.4 Å². The summed E-state index contributed by atoms with van der Waals surface area (Å²) in [7, 11) is 0. The smallest absolute Gasteiger partial charge is 0.338 e. The van der Waals surface area contributed by atoms with E-state index in [1.165, 1.54) is 6.07 Å². The van der Waals surface area contributed by atoms with Gasteiger partial charge in [0.2, 0.25) is 0 Å². The predicted molar refractivity (Wildman–Crippen MR) is 165 cm³/mol. The molecule has 0 fully saturated rings. The second-order valence-electron chi connectivity index (χ2n) is 11.0. The number of aromatic nitrogens is 3. The molecule has 0 radical (unpaired) electrons. The quantitative estimate of drug-likeness (QED) is 0.0543. The van der Waals surface area contributed by atoms with E-state index in [0.29, 0.717) is 51.6 Å². The highest BCUT2D eigenvalue weighted by Gasteiger charge is 2.37. The number of aromatic hydroxyl groups is 7. The van der Waals surface area contributed by atoms with Crippen molar-refractivity contribution < 1.29 is 59.5 Å². The zero-order valence-corrected chi connectivity index (χ0v) is 25.7. The molecule has 3 aromatic carbocycles. The highest BCUT2D eigenvalue weighted by atomic mass is 16.6. The van der Waals surface area contributed by atoms with Gasteiger partial charge in [-0.3, -0.25) is 0 Å². The van der Waals surface area contributed by atoms with Crippen LogP contribution in [-0.4, -0.2) is 95.8 Å². The minimum atomic E-state index is -1.18. The third-order valence-corrected chi connectivity index (χ3v) is 7.60. The fourth-order valence-electron chi connectivity index (χ4n) is 5.22. The summed E-state index contributed by atoms with van der Waals surface area (Å²) in [5.41, 5.74) is 6.27. The summed E-state index contributed by atoms with van der Waals surface area (Å²) in [6.45, 7) is 2.66. The molecule has 5 rings (SSSR count). The summed E-state index contributed by atoms with van der Waals surface area (Å²) in [4.78, 5) is 13.3. The van der Waals surface area contributed by atoms with Gasteiger partial charge in [0, 0.05) is 48.0 Å². The Morgan fingerprint density at radius 2 is 1.54 bits per heavy atom. The van der Waals surface area contributed by atoms with Gasteiger partial charge in [-0.1, -0.05) is 5.21 Å². The second-order valence-corrected chi connectivity index (χ2v) is 11.0. The van der Waals surface area contributed by atoms with Crippen LogP contribution in [0.15, 0.2) is 42.6 Å². The summed E-state index contributed by atoms with van der Waals surface area (Å²) >= 11 is 0. The van der Waals surface area contributed by atoms with Crippen molar-refractivity contribution in [2.24, 2.45) is 5.73 Å². The summed E-state index contributed by atoms with van der Waals surface area (Å²) in [5.74, 6) is -4.32. The molecule has 0 spiro atoms. The molecule has 48 heavy (non-hydrogen) atoms. The number of aryl methyl sites for hydroxylation is 1. The van der Waals surface area contributed by atoms with Gasteiger partial charge in [-0.15, -0.1) is 5.10 Å². The molecule has 0 amide bonds. The monoisotopic (exact) mass is 668 g/mol. The van der Waals surface area contributed by atoms with Gasteiger partial charge in [0.05, 0.1) is 44.2 Å². The summed E-state index contributed by atoms with van der Waals surface area (Å²) in [5, 5.41) is 80.0. The van der Waals surface area contributed by atoms with Crippen LogP contribution >= 0.6 is 0 Å². The average Bonchev–Trinajstić information content (AvgIpc) is 3.50. The largest absolute Gasteiger partial charge is 0.508 e. The number of carbonyl (C=O) groups is 1. The predicted octanol–water partition coefficient (Wildman–Crippen LogP) is 1.90. The Kier molecular flexibility index (Phi) is 10.6. The van der Waals surface area contributed by atoms with Crippen LogP contribution in [0.5, 0.6) is 46.0 Å². The van der Waals surface area contributed by atoms with Crippen molar-refractivity contribution >= 4 is 5.97 Å². The standard InChI is InChI=1S/C32H36N4O12/c33-3-5-45-7-8-46-6-4-36-16-19(34-35-36)1-2-21-23(38)11-18(12-24(21)39)32(44)48-29-15-22-25(40)13-20(37)14-28(22)47-31(29)17-9-26(41)30(43)27(42)10-17/h9-14,16,29,31,37-43H,1-8,15,33H2/t29-,31-/m1/s1. The Hall–Kier alpha value is -5.45. The van der Waals surface area contributed by atoms with Crippen molar-refractivity contribution in [2.75, 3.05) is 33.0 Å². The summed E-state index contributed by atoms with van der Waals surface area (Å²) in [6.07, 6.45) is -0.254. The molecule has 16 nitrogen and oxygen atoms in total. The Labute approximate surface area is 273 Å². The van der Waals surface area contributed by atoms with Gasteiger partial charge in [0.1, 0.15) is 34.9 Å². The lowest BCUT2D eigenvalue weighted by Crippen LogP contribution is -2.34. The third kappa shape index (κ3) is 7.91. The number of carbonyl (C=O) groups excluding carboxylic acids is 1. The molecule has 2 atom stereocenters. The lowest BCUT2D eigenvalue weighted by Gasteiger charge is -2.34. The van der Waals surface area contributed by atoms with E-state index in [-0.39, 0.29) is 63.8 Å². The van der Waals surface area contributed by atoms with Crippen LogP contribution in [0.3, 0.4) is 0 Å². The summed E-state index contributed by atoms with van der Waals surface area (Å²) < 4.78 is 24.0. The first-order valence-electron chi connectivity index (χ1n) is 15.0. The Morgan fingerprint density at radius 1 is 0.854 bits per heavy atom. The van der Waals surface area contributed by atoms with E-state index in [9.17, 15) is 40.5 Å². The van der Waals surface area contributed by atoms with E-state index in [4.69, 9.17) is 24.7 Å². The number of rotatable bonds is 14. The Bertz CT molecular complexity index is 1720. The van der Waals surface area contributed by atoms with Crippen molar-refractivity contribution in [2.45, 2.75) is 38.0 Å². The number of ether oxygens (including phenoxy) is 4. The molecule has 0 saturated carbocycles. The van der Waals surface area contributed by atoms with Crippen molar-refractivity contribution in [3.63, 3.8) is 0 Å². The molecule has 0 aliphatic carbocycles. The minimum absolute atomic E-state index is 0.0639. The zero-order chi connectivity index (χ0) is 34.4. The highest BCUT2D eigenvalue weighted by Crippen LogP contribution is 2.46. The number of hydrogen-bond donors (Lipinski definition) is 8. The number of phenols is 7. The number of phenolic OH excluding ortho intramolecular Hbond substituents is 7. The maximum absolute atomic E-state index is 13.3. The lowest BCUT2D eigenvalue weighted by atomic mass is 9.93. The average molecular weight is 669 g/mol. The maximum atomic E-state index is 13.3. The van der Waals surface area contributed by atoms with E-state index in [2.05, 4.69) is 10.3 Å². The van der Waals surface area contributed by atoms with E-state index in [1.54, 1.807) is 10.9 Å². The Balaban J connectivity index is 1.25. The van der Waals surface area contributed by atoms with Gasteiger partial charge in [0.25, 0.3) is 0 Å². The third-order valence-electron chi connectivity index (χ3n) is 7.60. The first-order valence-corrected chi connectivity index (χ1v) is 15.0. The molecule has 256 valence electrons. The van der Waals surface area contributed by atoms with Crippen molar-refractivity contribution in [3.05, 3.63) is 70.5 Å². The van der Waals surface area contributed by atoms with Crippen LogP contribution in [0.4, 0.5) is 0 Å². The molecule has 2 heterocycles. The van der Waals surface area contributed by atoms with Gasteiger partial charge in [-0.25, -0.2) is 9.48 Å². The number of benzene rings is 3. The first kappa shape index (κ1) is 33.9. The van der Waals surface area contributed by atoms with Crippen LogP contribution in [0, 0.1) is 0 Å². The fourth-order valence-corrected chi connectivity index (χ4v) is 5.22. The Morgan fingerprint density at radius 3 is 2.23 bits per heavy atom. The highest BCUT2D eigenvalue weighted by molar-refractivity contribution is 5.91. The molecule has 1 aliphatic rings. The number of fused-ring (bicyclic) bond motifs is 1. The van der Waals surface area contributed by atoms with Crippen LogP contribution in [0.1, 0.15) is 38.8 Å². The normalized spacial score (nSPS) is 15.5. The molecule has 0 saturated heterocycles. The molecule has 4 aromatic rings. The van der Waals surface area contributed by atoms with Crippen molar-refractivity contribution in [1.82, 2.24) is 15.0 Å². The number of nitrogens with two attached hydrogens (primary N) is 1. The maximum Gasteiger partial charge on any atom is 0.338 e. The molecular weight excluding hydrogens is 632 g/mol. The minimum Gasteiger partial charge on any atom is -0.508 e. The fraction of sp³-hybridized carbons (Fsp3) is 0.344. The second kappa shape index (κ2) is 15.0. The molecule has 16 heteroatoms. The number of nitrogens with zero attached hydrogens (tertiary/aromatic N) is 3. The molecule has 1 aromatic heterocycles. The van der Waals surface area contributed by atoms with Gasteiger partial charge in [-0.2, -0.15) is 0 Å². The molecular formula is C32H36N4O12. The SMILES string of the molecule is NCCOCCOCCn1cc(CCc2c(O)cc(C(=O)O[C@@H]3Cc4c(O)cc(O)cc4O[C@@H]3c3cc(O)c(O)c(O)c3)cc2O)nn1. The van der Waals surface area contributed by atoms with E-state index in [1.807, 2.05) is 0 Å². The molecule has 0 unspecified atom stereocenters. The first-order chi connectivity index (χ1) is 23.0.